The molecular formula is C18H31N3O5. The van der Waals surface area contributed by atoms with Crippen molar-refractivity contribution in [2.75, 3.05) is 47.1 Å². The Morgan fingerprint density at radius 2 is 1.77 bits per heavy atom. The summed E-state index contributed by atoms with van der Waals surface area (Å²) in [5.74, 6) is 0.0744. The summed E-state index contributed by atoms with van der Waals surface area (Å²) in [5.41, 5.74) is -0.813. The van der Waals surface area contributed by atoms with Gasteiger partial charge in [-0.3, -0.25) is 14.5 Å². The lowest BCUT2D eigenvalue weighted by Gasteiger charge is -2.34. The number of nitrogens with one attached hydrogen (secondary N) is 1. The molecule has 8 heteroatoms. The second kappa shape index (κ2) is 9.32. The first kappa shape index (κ1) is 20.6. The molecule has 0 aromatic rings. The van der Waals surface area contributed by atoms with Gasteiger partial charge in [0.2, 0.25) is 5.91 Å². The number of amides is 4. The molecule has 2 aliphatic rings. The molecule has 0 radical (unpaired) electrons. The Kier molecular flexibility index (Phi) is 7.40. The van der Waals surface area contributed by atoms with E-state index >= 15 is 0 Å². The van der Waals surface area contributed by atoms with E-state index in [0.717, 1.165) is 24.2 Å². The Morgan fingerprint density at radius 3 is 2.27 bits per heavy atom. The minimum Gasteiger partial charge on any atom is -0.383 e. The summed E-state index contributed by atoms with van der Waals surface area (Å²) in [4.78, 5) is 40.5. The van der Waals surface area contributed by atoms with Crippen molar-refractivity contribution >= 4 is 17.8 Å². The van der Waals surface area contributed by atoms with Crippen LogP contribution in [0.5, 0.6) is 0 Å². The lowest BCUT2D eigenvalue weighted by Crippen LogP contribution is -2.50. The maximum atomic E-state index is 12.9. The van der Waals surface area contributed by atoms with Crippen LogP contribution in [0.25, 0.3) is 0 Å². The molecule has 1 heterocycles. The van der Waals surface area contributed by atoms with Gasteiger partial charge in [-0.05, 0) is 31.6 Å². The maximum Gasteiger partial charge on any atom is 0.325 e. The van der Waals surface area contributed by atoms with Crippen molar-refractivity contribution in [1.82, 2.24) is 15.1 Å². The number of hydrogen-bond acceptors (Lipinski definition) is 5. The Labute approximate surface area is 155 Å². The van der Waals surface area contributed by atoms with E-state index < -0.39 is 11.6 Å². The van der Waals surface area contributed by atoms with Crippen LogP contribution < -0.4 is 5.32 Å². The quantitative estimate of drug-likeness (QED) is 0.613. The number of nitrogens with zero attached hydrogens (tertiary/aromatic N) is 2. The molecular weight excluding hydrogens is 338 g/mol. The van der Waals surface area contributed by atoms with E-state index in [9.17, 15) is 14.4 Å². The minimum atomic E-state index is -0.813. The SMILES string of the molecule is CCC1CCC2(CC1)NC(=O)N(CC(=O)N(CCOC)CCOC)C2=O. The third kappa shape index (κ3) is 4.54. The molecule has 0 atom stereocenters. The number of rotatable bonds is 9. The lowest BCUT2D eigenvalue weighted by atomic mass is 9.75. The fourth-order valence-corrected chi connectivity index (χ4v) is 3.74. The second-order valence-electron chi connectivity index (χ2n) is 7.12. The van der Waals surface area contributed by atoms with E-state index in [2.05, 4.69) is 12.2 Å². The molecule has 2 rings (SSSR count). The molecule has 1 saturated heterocycles. The van der Waals surface area contributed by atoms with Gasteiger partial charge in [-0.2, -0.15) is 0 Å². The number of carbonyl (C=O) groups excluding carboxylic acids is 3. The van der Waals surface area contributed by atoms with Crippen LogP contribution in [0.15, 0.2) is 0 Å². The lowest BCUT2D eigenvalue weighted by molar-refractivity contribution is -0.140. The van der Waals surface area contributed by atoms with Crippen LogP contribution in [0.1, 0.15) is 39.0 Å². The third-order valence-electron chi connectivity index (χ3n) is 5.56. The zero-order valence-electron chi connectivity index (χ0n) is 16.1. The summed E-state index contributed by atoms with van der Waals surface area (Å²) in [5, 5.41) is 2.86. The normalized spacial score (nSPS) is 25.7. The molecule has 0 bridgehead atoms. The van der Waals surface area contributed by atoms with Gasteiger partial charge in [0, 0.05) is 27.3 Å². The number of methoxy groups -OCH3 is 2. The predicted molar refractivity (Wildman–Crippen MR) is 95.6 cm³/mol. The molecule has 1 saturated carbocycles. The molecule has 1 N–H and O–H groups in total. The predicted octanol–water partition coefficient (Wildman–Crippen LogP) is 0.999. The number of hydrogen-bond donors (Lipinski definition) is 1. The summed E-state index contributed by atoms with van der Waals surface area (Å²) in [6, 6.07) is -0.461. The summed E-state index contributed by atoms with van der Waals surface area (Å²) in [7, 11) is 3.12. The zero-order chi connectivity index (χ0) is 19.2. The number of imide groups is 1. The molecule has 0 aromatic carbocycles. The highest BCUT2D eigenvalue weighted by molar-refractivity contribution is 6.09. The molecule has 26 heavy (non-hydrogen) atoms. The van der Waals surface area contributed by atoms with Gasteiger partial charge in [-0.25, -0.2) is 4.79 Å². The maximum absolute atomic E-state index is 12.9. The molecule has 1 aliphatic heterocycles. The molecule has 4 amide bonds. The van der Waals surface area contributed by atoms with Crippen molar-refractivity contribution in [2.24, 2.45) is 5.92 Å². The second-order valence-corrected chi connectivity index (χ2v) is 7.12. The van der Waals surface area contributed by atoms with Crippen LogP contribution in [0.3, 0.4) is 0 Å². The van der Waals surface area contributed by atoms with E-state index in [0.29, 0.717) is 45.1 Å². The van der Waals surface area contributed by atoms with E-state index in [-0.39, 0.29) is 18.4 Å². The van der Waals surface area contributed by atoms with Crippen LogP contribution in [0.2, 0.25) is 0 Å². The highest BCUT2D eigenvalue weighted by Crippen LogP contribution is 2.37. The fourth-order valence-electron chi connectivity index (χ4n) is 3.74. The zero-order valence-corrected chi connectivity index (χ0v) is 16.1. The number of ether oxygens (including phenoxy) is 2. The molecule has 1 aliphatic carbocycles. The Balaban J connectivity index is 2.00. The van der Waals surface area contributed by atoms with Crippen molar-refractivity contribution < 1.29 is 23.9 Å². The van der Waals surface area contributed by atoms with Gasteiger partial charge in [-0.15, -0.1) is 0 Å². The van der Waals surface area contributed by atoms with Gasteiger partial charge in [0.05, 0.1) is 13.2 Å². The summed E-state index contributed by atoms with van der Waals surface area (Å²) >= 11 is 0. The largest absolute Gasteiger partial charge is 0.383 e. The molecule has 0 aromatic heterocycles. The number of carbonyl (C=O) groups is 3. The van der Waals surface area contributed by atoms with Crippen molar-refractivity contribution in [3.8, 4) is 0 Å². The van der Waals surface area contributed by atoms with E-state index in [1.807, 2.05) is 0 Å². The van der Waals surface area contributed by atoms with Crippen LogP contribution in [-0.2, 0) is 19.1 Å². The van der Waals surface area contributed by atoms with Crippen molar-refractivity contribution in [3.05, 3.63) is 0 Å². The Morgan fingerprint density at radius 1 is 1.19 bits per heavy atom. The Hall–Kier alpha value is -1.67. The first-order chi connectivity index (χ1) is 12.5. The molecule has 2 fully saturated rings. The van der Waals surface area contributed by atoms with E-state index in [1.54, 1.807) is 19.1 Å². The average Bonchev–Trinajstić information content (AvgIpc) is 2.86. The average molecular weight is 369 g/mol. The van der Waals surface area contributed by atoms with Gasteiger partial charge in [0.25, 0.3) is 5.91 Å². The molecule has 0 unspecified atom stereocenters. The highest BCUT2D eigenvalue weighted by Gasteiger charge is 2.52. The number of urea groups is 1. The van der Waals surface area contributed by atoms with Gasteiger partial charge in [0.15, 0.2) is 0 Å². The first-order valence-electron chi connectivity index (χ1n) is 9.37. The van der Waals surface area contributed by atoms with Crippen LogP contribution in [0.4, 0.5) is 4.79 Å². The van der Waals surface area contributed by atoms with Crippen molar-refractivity contribution in [3.63, 3.8) is 0 Å². The van der Waals surface area contributed by atoms with Gasteiger partial charge in [0.1, 0.15) is 12.1 Å². The van der Waals surface area contributed by atoms with Gasteiger partial charge in [-0.1, -0.05) is 13.3 Å². The van der Waals surface area contributed by atoms with Crippen LogP contribution in [0, 0.1) is 5.92 Å². The van der Waals surface area contributed by atoms with Crippen molar-refractivity contribution in [2.45, 2.75) is 44.6 Å². The smallest absolute Gasteiger partial charge is 0.325 e. The monoisotopic (exact) mass is 369 g/mol. The molecule has 148 valence electrons. The minimum absolute atomic E-state index is 0.239. The van der Waals surface area contributed by atoms with E-state index in [1.165, 1.54) is 0 Å². The Bertz CT molecular complexity index is 509. The van der Waals surface area contributed by atoms with E-state index in [4.69, 9.17) is 9.47 Å². The highest BCUT2D eigenvalue weighted by atomic mass is 16.5. The third-order valence-corrected chi connectivity index (χ3v) is 5.56. The summed E-state index contributed by atoms with van der Waals surface area (Å²) < 4.78 is 10.1. The standard InChI is InChI=1S/C18H31N3O5/c1-4-14-5-7-18(8-6-14)16(23)21(17(24)19-18)13-15(22)20(9-11-25-2)10-12-26-3/h14H,4-13H2,1-3H3,(H,19,24). The first-order valence-corrected chi connectivity index (χ1v) is 9.37. The van der Waals surface area contributed by atoms with Gasteiger partial charge >= 0.3 is 6.03 Å². The molecule has 8 nitrogen and oxygen atoms in total. The van der Waals surface area contributed by atoms with Gasteiger partial charge < -0.3 is 19.7 Å². The fraction of sp³-hybridized carbons (Fsp3) is 0.833. The summed E-state index contributed by atoms with van der Waals surface area (Å²) in [6.45, 7) is 3.47. The molecule has 1 spiro atoms. The van der Waals surface area contributed by atoms with Crippen LogP contribution >= 0.6 is 0 Å². The van der Waals surface area contributed by atoms with Crippen molar-refractivity contribution in [1.29, 1.82) is 0 Å². The topological polar surface area (TPSA) is 88.2 Å². The van der Waals surface area contributed by atoms with Crippen LogP contribution in [-0.4, -0.2) is 80.3 Å². The summed E-state index contributed by atoms with van der Waals surface area (Å²) in [6.07, 6.45) is 4.25.